The Hall–Kier alpha value is -2.42. The van der Waals surface area contributed by atoms with Gasteiger partial charge in [-0.2, -0.15) is 0 Å². The highest BCUT2D eigenvalue weighted by Gasteiger charge is 2.40. The molecule has 0 saturated carbocycles. The van der Waals surface area contributed by atoms with Crippen molar-refractivity contribution in [2.45, 2.75) is 31.6 Å². The Morgan fingerprint density at radius 2 is 2.15 bits per heavy atom. The fourth-order valence-corrected chi connectivity index (χ4v) is 3.03. The largest absolute Gasteiger partial charge is 0.389 e. The monoisotopic (exact) mass is 357 g/mol. The van der Waals surface area contributed by atoms with Gasteiger partial charge in [0.05, 0.1) is 12.3 Å². The van der Waals surface area contributed by atoms with Gasteiger partial charge in [0, 0.05) is 51.0 Å². The van der Waals surface area contributed by atoms with Gasteiger partial charge in [-0.05, 0) is 30.5 Å². The first-order chi connectivity index (χ1) is 12.5. The second kappa shape index (κ2) is 7.86. The molecular formula is C18H23N5O3. The molecule has 0 bridgehead atoms. The number of likely N-dealkylation sites (tertiary alicyclic amines) is 1. The maximum Gasteiger partial charge on any atom is 0.271 e. The topological polar surface area (TPSA) is 111 Å². The molecule has 3 N–H and O–H groups in total. The third kappa shape index (κ3) is 4.21. The van der Waals surface area contributed by atoms with Crippen molar-refractivity contribution in [2.24, 2.45) is 0 Å². The lowest BCUT2D eigenvalue weighted by molar-refractivity contribution is -0.116. The van der Waals surface area contributed by atoms with Crippen LogP contribution < -0.4 is 5.32 Å². The highest BCUT2D eigenvalue weighted by molar-refractivity contribution is 5.91. The molecule has 2 aromatic heterocycles. The average Bonchev–Trinajstić information content (AvgIpc) is 2.66. The molecule has 0 spiro atoms. The van der Waals surface area contributed by atoms with E-state index in [0.29, 0.717) is 26.1 Å². The standard InChI is InChI=1S/C18H23N5O3/c1-13-8-19-4-2-14(13)10-23-7-3-18(26,16(24)11-23)12-22-17(25)15-9-20-5-6-21-15/h2,4-6,8-9,16,24,26H,3,7,10-12H2,1H3,(H,22,25)/t16-,18-/m1/s1. The first-order valence-electron chi connectivity index (χ1n) is 8.54. The van der Waals surface area contributed by atoms with E-state index >= 15 is 0 Å². The number of amides is 1. The molecule has 3 rings (SSSR count). The van der Waals surface area contributed by atoms with Crippen LogP contribution in [0.2, 0.25) is 0 Å². The van der Waals surface area contributed by atoms with Gasteiger partial charge in [0.1, 0.15) is 11.3 Å². The van der Waals surface area contributed by atoms with E-state index in [9.17, 15) is 15.0 Å². The molecule has 1 amide bonds. The van der Waals surface area contributed by atoms with E-state index in [1.807, 2.05) is 19.2 Å². The number of nitrogens with one attached hydrogen (secondary N) is 1. The molecule has 2 aromatic rings. The Bertz CT molecular complexity index is 758. The summed E-state index contributed by atoms with van der Waals surface area (Å²) in [6.07, 6.45) is 7.23. The van der Waals surface area contributed by atoms with Gasteiger partial charge < -0.3 is 15.5 Å². The molecule has 1 aliphatic rings. The zero-order chi connectivity index (χ0) is 18.6. The number of hydrogen-bond donors (Lipinski definition) is 3. The number of aliphatic hydroxyl groups excluding tert-OH is 1. The number of aryl methyl sites for hydroxylation is 1. The SMILES string of the molecule is Cc1cnccc1CN1CC[C@@](O)(CNC(=O)c2cnccn2)[C@H](O)C1. The summed E-state index contributed by atoms with van der Waals surface area (Å²) in [5.41, 5.74) is 1.06. The van der Waals surface area contributed by atoms with E-state index < -0.39 is 17.6 Å². The normalized spacial score (nSPS) is 23.6. The van der Waals surface area contributed by atoms with Crippen molar-refractivity contribution in [3.63, 3.8) is 0 Å². The van der Waals surface area contributed by atoms with E-state index in [1.54, 1.807) is 6.20 Å². The third-order valence-electron chi connectivity index (χ3n) is 4.79. The number of aromatic nitrogens is 3. The summed E-state index contributed by atoms with van der Waals surface area (Å²) in [5, 5.41) is 23.8. The molecule has 1 aliphatic heterocycles. The number of aliphatic hydroxyl groups is 2. The van der Waals surface area contributed by atoms with E-state index in [0.717, 1.165) is 11.1 Å². The van der Waals surface area contributed by atoms with Gasteiger partial charge in [0.25, 0.3) is 5.91 Å². The minimum atomic E-state index is -1.36. The Morgan fingerprint density at radius 1 is 1.35 bits per heavy atom. The van der Waals surface area contributed by atoms with Gasteiger partial charge in [-0.3, -0.25) is 19.7 Å². The Kier molecular flexibility index (Phi) is 5.55. The number of rotatable bonds is 5. The van der Waals surface area contributed by atoms with Crippen LogP contribution in [0, 0.1) is 6.92 Å². The molecule has 2 atom stereocenters. The molecule has 0 aliphatic carbocycles. The molecule has 26 heavy (non-hydrogen) atoms. The number of carbonyl (C=O) groups excluding carboxylic acids is 1. The number of nitrogens with zero attached hydrogens (tertiary/aromatic N) is 4. The number of β-amino-alcohol motifs (C(OH)–C–C–N with tert-alkyl or cyclic N) is 1. The van der Waals surface area contributed by atoms with Crippen molar-refractivity contribution in [3.8, 4) is 0 Å². The molecule has 0 radical (unpaired) electrons. The van der Waals surface area contributed by atoms with Crippen LogP contribution in [0.3, 0.4) is 0 Å². The number of carbonyl (C=O) groups is 1. The van der Waals surface area contributed by atoms with E-state index in [1.165, 1.54) is 18.6 Å². The molecular weight excluding hydrogens is 334 g/mol. The van der Waals surface area contributed by atoms with Gasteiger partial charge in [0.15, 0.2) is 0 Å². The first-order valence-corrected chi connectivity index (χ1v) is 8.54. The summed E-state index contributed by atoms with van der Waals surface area (Å²) in [6.45, 7) is 3.61. The summed E-state index contributed by atoms with van der Waals surface area (Å²) in [5.74, 6) is -0.423. The molecule has 3 heterocycles. The lowest BCUT2D eigenvalue weighted by Gasteiger charge is -2.42. The zero-order valence-corrected chi connectivity index (χ0v) is 14.7. The minimum Gasteiger partial charge on any atom is -0.389 e. The molecule has 8 nitrogen and oxygen atoms in total. The van der Waals surface area contributed by atoms with Crippen molar-refractivity contribution < 1.29 is 15.0 Å². The van der Waals surface area contributed by atoms with Gasteiger partial charge in [-0.15, -0.1) is 0 Å². The second-order valence-corrected chi connectivity index (χ2v) is 6.68. The van der Waals surface area contributed by atoms with Crippen LogP contribution in [0.15, 0.2) is 37.1 Å². The second-order valence-electron chi connectivity index (χ2n) is 6.68. The highest BCUT2D eigenvalue weighted by Crippen LogP contribution is 2.24. The van der Waals surface area contributed by atoms with E-state index in [-0.39, 0.29) is 12.2 Å². The van der Waals surface area contributed by atoms with Gasteiger partial charge in [-0.25, -0.2) is 4.98 Å². The number of hydrogen-bond acceptors (Lipinski definition) is 7. The summed E-state index contributed by atoms with van der Waals surface area (Å²) in [7, 11) is 0. The first kappa shape index (κ1) is 18.4. The lowest BCUT2D eigenvalue weighted by Crippen LogP contribution is -2.60. The summed E-state index contributed by atoms with van der Waals surface area (Å²) in [4.78, 5) is 26.0. The Labute approximate surface area is 151 Å². The van der Waals surface area contributed by atoms with Crippen molar-refractivity contribution in [3.05, 3.63) is 53.9 Å². The van der Waals surface area contributed by atoms with Crippen LogP contribution in [0.4, 0.5) is 0 Å². The van der Waals surface area contributed by atoms with Gasteiger partial charge >= 0.3 is 0 Å². The van der Waals surface area contributed by atoms with Gasteiger partial charge in [0.2, 0.25) is 0 Å². The molecule has 0 unspecified atom stereocenters. The Morgan fingerprint density at radius 3 is 2.85 bits per heavy atom. The van der Waals surface area contributed by atoms with E-state index in [2.05, 4.69) is 25.2 Å². The maximum absolute atomic E-state index is 12.1. The molecule has 8 heteroatoms. The summed E-state index contributed by atoms with van der Waals surface area (Å²) >= 11 is 0. The van der Waals surface area contributed by atoms with Gasteiger partial charge in [-0.1, -0.05) is 0 Å². The predicted octanol–water partition coefficient (Wildman–Crippen LogP) is -0.0923. The molecule has 138 valence electrons. The predicted molar refractivity (Wildman–Crippen MR) is 94.2 cm³/mol. The molecule has 0 aromatic carbocycles. The van der Waals surface area contributed by atoms with Crippen molar-refractivity contribution >= 4 is 5.91 Å². The van der Waals surface area contributed by atoms with Crippen LogP contribution in [-0.4, -0.2) is 67.3 Å². The lowest BCUT2D eigenvalue weighted by atomic mass is 9.88. The van der Waals surface area contributed by atoms with Crippen LogP contribution in [0.1, 0.15) is 28.0 Å². The summed E-state index contributed by atoms with van der Waals surface area (Å²) in [6, 6.07) is 1.96. The van der Waals surface area contributed by atoms with Crippen molar-refractivity contribution in [1.29, 1.82) is 0 Å². The number of pyridine rings is 1. The zero-order valence-electron chi connectivity index (χ0n) is 14.7. The van der Waals surface area contributed by atoms with Crippen LogP contribution >= 0.6 is 0 Å². The highest BCUT2D eigenvalue weighted by atomic mass is 16.3. The van der Waals surface area contributed by atoms with E-state index in [4.69, 9.17) is 0 Å². The smallest absolute Gasteiger partial charge is 0.271 e. The number of piperidine rings is 1. The average molecular weight is 357 g/mol. The van der Waals surface area contributed by atoms with Crippen LogP contribution in [0.5, 0.6) is 0 Å². The maximum atomic E-state index is 12.1. The fourth-order valence-electron chi connectivity index (χ4n) is 3.03. The van der Waals surface area contributed by atoms with Crippen LogP contribution in [0.25, 0.3) is 0 Å². The minimum absolute atomic E-state index is 0.0360. The molecule has 1 saturated heterocycles. The quantitative estimate of drug-likeness (QED) is 0.685. The fraction of sp³-hybridized carbons (Fsp3) is 0.444. The summed E-state index contributed by atoms with van der Waals surface area (Å²) < 4.78 is 0. The van der Waals surface area contributed by atoms with Crippen molar-refractivity contribution in [2.75, 3.05) is 19.6 Å². The van der Waals surface area contributed by atoms with Crippen LogP contribution in [-0.2, 0) is 6.54 Å². The third-order valence-corrected chi connectivity index (χ3v) is 4.79. The molecule has 1 fully saturated rings. The van der Waals surface area contributed by atoms with Crippen molar-refractivity contribution in [1.82, 2.24) is 25.2 Å². The Balaban J connectivity index is 1.55.